The van der Waals surface area contributed by atoms with E-state index in [1.165, 1.54) is 38.5 Å². The lowest BCUT2D eigenvalue weighted by molar-refractivity contribution is -0.139. The summed E-state index contributed by atoms with van der Waals surface area (Å²) in [4.78, 5) is 11.6. The Morgan fingerprint density at radius 1 is 0.614 bits per heavy atom. The zero-order valence-electron chi connectivity index (χ0n) is 27.9. The predicted molar refractivity (Wildman–Crippen MR) is 173 cm³/mol. The van der Waals surface area contributed by atoms with Gasteiger partial charge in [0, 0.05) is 12.0 Å². The summed E-state index contributed by atoms with van der Waals surface area (Å²) in [5.41, 5.74) is 0.593. The van der Waals surface area contributed by atoms with Gasteiger partial charge in [0.15, 0.2) is 0 Å². The average molecular weight is 631 g/mol. The van der Waals surface area contributed by atoms with Gasteiger partial charge in [-0.1, -0.05) is 110 Å². The van der Waals surface area contributed by atoms with Crippen molar-refractivity contribution in [2.75, 3.05) is 26.4 Å². The molecule has 0 saturated heterocycles. The Labute approximate surface area is 267 Å². The van der Waals surface area contributed by atoms with Gasteiger partial charge in [-0.15, -0.1) is 0 Å². The SMILES string of the molecule is CCCCCCCCCC[C@H](O)COC[C@H](O)[C@@H](O)COC[C@@H](O)CCCCCCCCCC[C@H](O)CC1=C[C@H](C)OC1=O. The molecule has 0 unspecified atom stereocenters. The Balaban J connectivity index is 1.89. The van der Waals surface area contributed by atoms with Crippen LogP contribution in [0, 0.1) is 0 Å². The van der Waals surface area contributed by atoms with Gasteiger partial charge in [0.05, 0.1) is 44.7 Å². The topological polar surface area (TPSA) is 146 Å². The van der Waals surface area contributed by atoms with Crippen LogP contribution in [0.2, 0.25) is 0 Å². The molecular formula is C35H66O9. The average Bonchev–Trinajstić information content (AvgIpc) is 3.30. The van der Waals surface area contributed by atoms with E-state index in [0.29, 0.717) is 31.3 Å². The molecule has 1 aliphatic heterocycles. The summed E-state index contributed by atoms with van der Waals surface area (Å²) in [6, 6.07) is 0. The highest BCUT2D eigenvalue weighted by Gasteiger charge is 2.24. The quantitative estimate of drug-likeness (QED) is 0.0494. The molecule has 0 saturated carbocycles. The largest absolute Gasteiger partial charge is 0.455 e. The van der Waals surface area contributed by atoms with Gasteiger partial charge in [-0.25, -0.2) is 4.79 Å². The van der Waals surface area contributed by atoms with Gasteiger partial charge in [-0.05, 0) is 32.3 Å². The number of carbonyl (C=O) groups excluding carboxylic acids is 1. The number of ether oxygens (including phenoxy) is 3. The lowest BCUT2D eigenvalue weighted by Gasteiger charge is -2.20. The molecule has 9 nitrogen and oxygen atoms in total. The second-order valence-corrected chi connectivity index (χ2v) is 12.8. The lowest BCUT2D eigenvalue weighted by atomic mass is 10.0. The van der Waals surface area contributed by atoms with E-state index in [2.05, 4.69) is 6.92 Å². The molecule has 44 heavy (non-hydrogen) atoms. The highest BCUT2D eigenvalue weighted by atomic mass is 16.5. The Hall–Kier alpha value is -1.07. The van der Waals surface area contributed by atoms with E-state index in [0.717, 1.165) is 64.2 Å². The molecule has 0 aromatic carbocycles. The molecule has 1 rings (SSSR count). The van der Waals surface area contributed by atoms with Gasteiger partial charge in [-0.2, -0.15) is 0 Å². The Bertz CT molecular complexity index is 716. The summed E-state index contributed by atoms with van der Waals surface area (Å²) >= 11 is 0. The summed E-state index contributed by atoms with van der Waals surface area (Å²) in [6.45, 7) is 4.15. The molecule has 5 N–H and O–H groups in total. The van der Waals surface area contributed by atoms with Crippen molar-refractivity contribution in [3.63, 3.8) is 0 Å². The zero-order chi connectivity index (χ0) is 32.4. The molecule has 0 amide bonds. The first kappa shape index (κ1) is 41.0. The molecule has 6 atom stereocenters. The molecule has 0 bridgehead atoms. The van der Waals surface area contributed by atoms with Gasteiger partial charge in [-0.3, -0.25) is 0 Å². The first-order valence-corrected chi connectivity index (χ1v) is 17.7. The van der Waals surface area contributed by atoms with Crippen molar-refractivity contribution >= 4 is 5.97 Å². The molecule has 260 valence electrons. The molecule has 0 fully saturated rings. The van der Waals surface area contributed by atoms with E-state index < -0.39 is 30.5 Å². The van der Waals surface area contributed by atoms with Crippen molar-refractivity contribution in [1.82, 2.24) is 0 Å². The number of unbranched alkanes of at least 4 members (excludes halogenated alkanes) is 14. The van der Waals surface area contributed by atoms with Gasteiger partial charge in [0.25, 0.3) is 0 Å². The highest BCUT2D eigenvalue weighted by molar-refractivity contribution is 5.90. The van der Waals surface area contributed by atoms with Crippen LogP contribution >= 0.6 is 0 Å². The van der Waals surface area contributed by atoms with Crippen LogP contribution in [-0.2, 0) is 19.0 Å². The van der Waals surface area contributed by atoms with Crippen molar-refractivity contribution in [2.24, 2.45) is 0 Å². The van der Waals surface area contributed by atoms with E-state index in [1.807, 2.05) is 6.92 Å². The normalized spacial score (nSPS) is 18.6. The number of aliphatic hydroxyl groups is 5. The molecule has 1 aliphatic rings. The minimum atomic E-state index is -1.11. The monoisotopic (exact) mass is 630 g/mol. The van der Waals surface area contributed by atoms with Crippen molar-refractivity contribution in [2.45, 2.75) is 179 Å². The summed E-state index contributed by atoms with van der Waals surface area (Å²) < 4.78 is 15.9. The number of esters is 1. The molecular weight excluding hydrogens is 564 g/mol. The van der Waals surface area contributed by atoms with Gasteiger partial charge in [0.2, 0.25) is 0 Å². The zero-order valence-corrected chi connectivity index (χ0v) is 27.9. The molecule has 0 aromatic heterocycles. The second-order valence-electron chi connectivity index (χ2n) is 12.8. The number of hydrogen-bond donors (Lipinski definition) is 5. The van der Waals surface area contributed by atoms with Crippen LogP contribution in [0.1, 0.15) is 142 Å². The molecule has 0 aromatic rings. The smallest absolute Gasteiger partial charge is 0.334 e. The van der Waals surface area contributed by atoms with Crippen LogP contribution < -0.4 is 0 Å². The fraction of sp³-hybridized carbons (Fsp3) is 0.914. The summed E-state index contributed by atoms with van der Waals surface area (Å²) in [5, 5.41) is 50.5. The molecule has 0 aliphatic carbocycles. The van der Waals surface area contributed by atoms with Gasteiger partial charge in [0.1, 0.15) is 18.3 Å². The number of carbonyl (C=O) groups is 1. The lowest BCUT2D eigenvalue weighted by Crippen LogP contribution is -2.36. The van der Waals surface area contributed by atoms with E-state index in [9.17, 15) is 30.3 Å². The maximum absolute atomic E-state index is 11.6. The summed E-state index contributed by atoms with van der Waals surface area (Å²) in [5.74, 6) is -0.302. The van der Waals surface area contributed by atoms with Crippen molar-refractivity contribution in [1.29, 1.82) is 0 Å². The summed E-state index contributed by atoms with van der Waals surface area (Å²) in [7, 11) is 0. The minimum absolute atomic E-state index is 0.0701. The first-order valence-electron chi connectivity index (χ1n) is 17.7. The minimum Gasteiger partial charge on any atom is -0.455 e. The molecule has 0 spiro atoms. The maximum atomic E-state index is 11.6. The number of aliphatic hydroxyl groups excluding tert-OH is 5. The Morgan fingerprint density at radius 2 is 1.00 bits per heavy atom. The third-order valence-electron chi connectivity index (χ3n) is 8.30. The van der Waals surface area contributed by atoms with E-state index in [1.54, 1.807) is 6.08 Å². The molecule has 1 heterocycles. The first-order chi connectivity index (χ1) is 21.2. The van der Waals surface area contributed by atoms with Crippen LogP contribution in [0.5, 0.6) is 0 Å². The molecule has 0 radical (unpaired) electrons. The van der Waals surface area contributed by atoms with Gasteiger partial charge < -0.3 is 39.7 Å². The third kappa shape index (κ3) is 22.4. The van der Waals surface area contributed by atoms with Crippen LogP contribution in [0.4, 0.5) is 0 Å². The second kappa shape index (κ2) is 27.1. The van der Waals surface area contributed by atoms with Crippen LogP contribution in [0.15, 0.2) is 11.6 Å². The highest BCUT2D eigenvalue weighted by Crippen LogP contribution is 2.21. The van der Waals surface area contributed by atoms with E-state index >= 15 is 0 Å². The Morgan fingerprint density at radius 3 is 1.39 bits per heavy atom. The Kier molecular flexibility index (Phi) is 25.2. The van der Waals surface area contributed by atoms with Crippen LogP contribution in [0.3, 0.4) is 0 Å². The standard InChI is InChI=1S/C35H66O9/c1-3-4-5-6-7-10-14-17-20-31(37)24-42-26-33(39)34(40)27-43-25-32(38)21-18-15-12-9-8-11-13-16-19-30(36)23-29-22-28(2)44-35(29)41/h22,28,30-34,36-40H,3-21,23-27H2,1-2H3/t28-,30-,31-,32-,33-,34-/m0/s1. The van der Waals surface area contributed by atoms with Crippen LogP contribution in [-0.4, -0.2) is 94.6 Å². The fourth-order valence-electron chi connectivity index (χ4n) is 5.51. The summed E-state index contributed by atoms with van der Waals surface area (Å²) in [6.07, 6.45) is 18.4. The number of cyclic esters (lactones) is 1. The van der Waals surface area contributed by atoms with Gasteiger partial charge >= 0.3 is 5.97 Å². The third-order valence-corrected chi connectivity index (χ3v) is 8.30. The maximum Gasteiger partial charge on any atom is 0.334 e. The number of rotatable bonds is 31. The van der Waals surface area contributed by atoms with Crippen molar-refractivity contribution in [3.05, 3.63) is 11.6 Å². The fourth-order valence-corrected chi connectivity index (χ4v) is 5.51. The van der Waals surface area contributed by atoms with E-state index in [-0.39, 0.29) is 38.5 Å². The molecule has 9 heteroatoms. The van der Waals surface area contributed by atoms with Crippen molar-refractivity contribution < 1.29 is 44.5 Å². The van der Waals surface area contributed by atoms with Crippen LogP contribution in [0.25, 0.3) is 0 Å². The number of hydrogen-bond acceptors (Lipinski definition) is 9. The van der Waals surface area contributed by atoms with E-state index in [4.69, 9.17) is 14.2 Å². The van der Waals surface area contributed by atoms with Crippen molar-refractivity contribution in [3.8, 4) is 0 Å². The predicted octanol–water partition coefficient (Wildman–Crippen LogP) is 5.52.